The van der Waals surface area contributed by atoms with Crippen LogP contribution in [0, 0.1) is 11.6 Å². The standard InChI is InChI=1S/C29H34ClF4N3O4S/c30-20-7-9-23(10-8-20)42(39,40)37-22(3-1-6-26(37)24-4-2-5-25(31)27(24)32)19-41-28(38)36-15-11-21(12-16-36)35-17-13-29(33,34)14-18-35/h2,4-5,7-10,21-22,26H,1,3,6,11-19H2. The van der Waals surface area contributed by atoms with Crippen LogP contribution in [0.5, 0.6) is 0 Å². The largest absolute Gasteiger partial charge is 0.448 e. The Morgan fingerprint density at radius 1 is 0.952 bits per heavy atom. The summed E-state index contributed by atoms with van der Waals surface area (Å²) >= 11 is 5.97. The highest BCUT2D eigenvalue weighted by Crippen LogP contribution is 2.40. The third kappa shape index (κ3) is 6.71. The van der Waals surface area contributed by atoms with Crippen molar-refractivity contribution in [3.05, 3.63) is 64.7 Å². The molecular weight excluding hydrogens is 598 g/mol. The van der Waals surface area contributed by atoms with Gasteiger partial charge in [-0.3, -0.25) is 4.90 Å². The zero-order valence-corrected chi connectivity index (χ0v) is 24.6. The Balaban J connectivity index is 1.29. The number of piperidine rings is 3. The summed E-state index contributed by atoms with van der Waals surface area (Å²) in [5, 5.41) is 0.341. The lowest BCUT2D eigenvalue weighted by molar-refractivity contribution is -0.0672. The molecule has 3 aliphatic heterocycles. The fraction of sp³-hybridized carbons (Fsp3) is 0.552. The van der Waals surface area contributed by atoms with E-state index >= 15 is 0 Å². The van der Waals surface area contributed by atoms with Crippen molar-refractivity contribution < 1.29 is 35.5 Å². The molecule has 3 aliphatic rings. The Labute approximate surface area is 248 Å². The Morgan fingerprint density at radius 3 is 2.29 bits per heavy atom. The number of ether oxygens (including phenoxy) is 1. The predicted octanol–water partition coefficient (Wildman–Crippen LogP) is 6.23. The number of nitrogens with zero attached hydrogens (tertiary/aromatic N) is 3. The number of hydrogen-bond acceptors (Lipinski definition) is 5. The lowest BCUT2D eigenvalue weighted by Crippen LogP contribution is -2.51. The van der Waals surface area contributed by atoms with E-state index in [9.17, 15) is 30.8 Å². The highest BCUT2D eigenvalue weighted by atomic mass is 35.5. The summed E-state index contributed by atoms with van der Waals surface area (Å²) in [6.07, 6.45) is 1.46. The van der Waals surface area contributed by atoms with Gasteiger partial charge in [0.2, 0.25) is 10.0 Å². The van der Waals surface area contributed by atoms with Gasteiger partial charge in [0.25, 0.3) is 5.92 Å². The molecule has 42 heavy (non-hydrogen) atoms. The molecule has 2 aromatic carbocycles. The van der Waals surface area contributed by atoms with Gasteiger partial charge in [-0.15, -0.1) is 0 Å². The molecule has 2 atom stereocenters. The van der Waals surface area contributed by atoms with Crippen LogP contribution in [0.3, 0.4) is 0 Å². The molecule has 0 aliphatic carbocycles. The highest BCUT2D eigenvalue weighted by Gasteiger charge is 2.43. The lowest BCUT2D eigenvalue weighted by Gasteiger charge is -2.42. The molecule has 5 rings (SSSR count). The predicted molar refractivity (Wildman–Crippen MR) is 149 cm³/mol. The highest BCUT2D eigenvalue weighted by molar-refractivity contribution is 7.89. The summed E-state index contributed by atoms with van der Waals surface area (Å²) in [4.78, 5) is 16.6. The first-order valence-electron chi connectivity index (χ1n) is 14.2. The zero-order chi connectivity index (χ0) is 30.1. The van der Waals surface area contributed by atoms with Crippen LogP contribution in [0.1, 0.15) is 56.6 Å². The van der Waals surface area contributed by atoms with Gasteiger partial charge >= 0.3 is 6.09 Å². The molecule has 0 aromatic heterocycles. The fourth-order valence-corrected chi connectivity index (χ4v) is 8.23. The van der Waals surface area contributed by atoms with E-state index in [2.05, 4.69) is 4.90 Å². The Morgan fingerprint density at radius 2 is 1.62 bits per heavy atom. The van der Waals surface area contributed by atoms with Gasteiger partial charge < -0.3 is 9.64 Å². The molecule has 230 valence electrons. The van der Waals surface area contributed by atoms with E-state index in [1.807, 2.05) is 0 Å². The van der Waals surface area contributed by atoms with Gasteiger partial charge in [-0.1, -0.05) is 23.7 Å². The zero-order valence-electron chi connectivity index (χ0n) is 23.0. The van der Waals surface area contributed by atoms with Crippen LogP contribution in [-0.2, 0) is 14.8 Å². The molecule has 13 heteroatoms. The molecule has 2 unspecified atom stereocenters. The van der Waals surface area contributed by atoms with E-state index in [4.69, 9.17) is 16.3 Å². The van der Waals surface area contributed by atoms with Crippen molar-refractivity contribution in [2.24, 2.45) is 0 Å². The van der Waals surface area contributed by atoms with Crippen LogP contribution in [0.2, 0.25) is 5.02 Å². The van der Waals surface area contributed by atoms with Crippen LogP contribution in [0.4, 0.5) is 22.4 Å². The minimum absolute atomic E-state index is 0.0653. The van der Waals surface area contributed by atoms with Gasteiger partial charge in [-0.25, -0.2) is 30.8 Å². The maximum atomic E-state index is 14.9. The van der Waals surface area contributed by atoms with Gasteiger partial charge in [-0.2, -0.15) is 4.31 Å². The van der Waals surface area contributed by atoms with Crippen molar-refractivity contribution >= 4 is 27.7 Å². The van der Waals surface area contributed by atoms with Gasteiger partial charge in [0.15, 0.2) is 11.6 Å². The molecule has 7 nitrogen and oxygen atoms in total. The van der Waals surface area contributed by atoms with Crippen LogP contribution in [0.15, 0.2) is 47.4 Å². The maximum absolute atomic E-state index is 14.9. The van der Waals surface area contributed by atoms with Gasteiger partial charge in [0.05, 0.1) is 17.0 Å². The number of carbonyl (C=O) groups is 1. The number of rotatable bonds is 6. The average Bonchev–Trinajstić information content (AvgIpc) is 2.97. The normalized spacial score (nSPS) is 24.5. The summed E-state index contributed by atoms with van der Waals surface area (Å²) < 4.78 is 90.8. The number of alkyl halides is 2. The Hall–Kier alpha value is -2.41. The number of carbonyl (C=O) groups excluding carboxylic acids is 1. The van der Waals surface area contributed by atoms with E-state index in [1.165, 1.54) is 36.4 Å². The van der Waals surface area contributed by atoms with E-state index < -0.39 is 45.8 Å². The first-order valence-corrected chi connectivity index (χ1v) is 16.0. The van der Waals surface area contributed by atoms with Crippen LogP contribution in [0.25, 0.3) is 0 Å². The second kappa shape index (κ2) is 12.7. The molecular formula is C29H34ClF4N3O4S. The summed E-state index contributed by atoms with van der Waals surface area (Å²) in [6, 6.07) is 7.54. The maximum Gasteiger partial charge on any atom is 0.409 e. The lowest BCUT2D eigenvalue weighted by atomic mass is 9.93. The van der Waals surface area contributed by atoms with Crippen LogP contribution in [-0.4, -0.2) is 79.4 Å². The molecule has 0 N–H and O–H groups in total. The molecule has 1 amide bonds. The topological polar surface area (TPSA) is 70.2 Å². The number of amides is 1. The van der Waals surface area contributed by atoms with Crippen molar-refractivity contribution in [3.8, 4) is 0 Å². The quantitative estimate of drug-likeness (QED) is 0.354. The molecule has 2 aromatic rings. The third-order valence-electron chi connectivity index (χ3n) is 8.58. The number of likely N-dealkylation sites (tertiary alicyclic amines) is 2. The third-order valence-corrected chi connectivity index (χ3v) is 10.8. The molecule has 0 saturated carbocycles. The Kier molecular flexibility index (Phi) is 9.36. The van der Waals surface area contributed by atoms with E-state index in [0.717, 1.165) is 10.4 Å². The summed E-state index contributed by atoms with van der Waals surface area (Å²) in [7, 11) is -4.23. The molecule has 0 radical (unpaired) electrons. The second-order valence-corrected chi connectivity index (χ2v) is 13.5. The minimum atomic E-state index is -4.23. The molecule has 3 fully saturated rings. The summed E-state index contributed by atoms with van der Waals surface area (Å²) in [5.74, 6) is -4.81. The second-order valence-electron chi connectivity index (χ2n) is 11.2. The van der Waals surface area contributed by atoms with Gasteiger partial charge in [0.1, 0.15) is 6.61 Å². The smallest absolute Gasteiger partial charge is 0.409 e. The molecule has 0 spiro atoms. The number of sulfonamides is 1. The first-order chi connectivity index (χ1) is 20.0. The number of halogens is 5. The SMILES string of the molecule is O=C(OCC1CCCC(c2cccc(F)c2F)N1S(=O)(=O)c1ccc(Cl)cc1)N1CCC(N2CCC(F)(F)CC2)CC1. The minimum Gasteiger partial charge on any atom is -0.448 e. The van der Waals surface area contributed by atoms with Gasteiger partial charge in [-0.05, 0) is 62.4 Å². The van der Waals surface area contributed by atoms with Gasteiger partial charge in [0, 0.05) is 55.6 Å². The van der Waals surface area contributed by atoms with Crippen molar-refractivity contribution in [2.75, 3.05) is 32.8 Å². The van der Waals surface area contributed by atoms with Crippen LogP contribution < -0.4 is 0 Å². The molecule has 3 saturated heterocycles. The van der Waals surface area contributed by atoms with E-state index in [1.54, 1.807) is 4.90 Å². The monoisotopic (exact) mass is 631 g/mol. The number of benzene rings is 2. The number of hydrogen-bond donors (Lipinski definition) is 0. The summed E-state index contributed by atoms with van der Waals surface area (Å²) in [6.45, 7) is 1.18. The van der Waals surface area contributed by atoms with Crippen molar-refractivity contribution in [1.82, 2.24) is 14.1 Å². The van der Waals surface area contributed by atoms with E-state index in [-0.39, 0.29) is 42.4 Å². The van der Waals surface area contributed by atoms with Crippen molar-refractivity contribution in [1.29, 1.82) is 0 Å². The van der Waals surface area contributed by atoms with E-state index in [0.29, 0.717) is 56.9 Å². The molecule has 3 heterocycles. The summed E-state index contributed by atoms with van der Waals surface area (Å²) in [5.41, 5.74) is -0.0823. The Bertz CT molecular complexity index is 1360. The molecule has 0 bridgehead atoms. The van der Waals surface area contributed by atoms with Crippen molar-refractivity contribution in [2.45, 2.75) is 73.9 Å². The average molecular weight is 632 g/mol. The van der Waals surface area contributed by atoms with Crippen LogP contribution >= 0.6 is 11.6 Å². The first kappa shape index (κ1) is 31.0. The van der Waals surface area contributed by atoms with Crippen molar-refractivity contribution in [3.63, 3.8) is 0 Å². The fourth-order valence-electron chi connectivity index (χ4n) is 6.26.